The summed E-state index contributed by atoms with van der Waals surface area (Å²) in [6, 6.07) is 3.91. The van der Waals surface area contributed by atoms with Crippen LogP contribution in [0.25, 0.3) is 0 Å². The fourth-order valence-electron chi connectivity index (χ4n) is 3.46. The van der Waals surface area contributed by atoms with Crippen LogP contribution in [0.3, 0.4) is 0 Å². The van der Waals surface area contributed by atoms with Crippen molar-refractivity contribution in [1.29, 1.82) is 0 Å². The highest BCUT2D eigenvalue weighted by Gasteiger charge is 2.42. The van der Waals surface area contributed by atoms with Crippen molar-refractivity contribution in [2.24, 2.45) is 5.92 Å². The molecule has 0 aromatic heterocycles. The van der Waals surface area contributed by atoms with E-state index in [4.69, 9.17) is 11.6 Å². The average Bonchev–Trinajstić information content (AvgIpc) is 2.38. The number of carbonyl (C=O) groups is 2. The number of ketones is 1. The smallest absolute Gasteiger partial charge is 0.292 e. The lowest BCUT2D eigenvalue weighted by Crippen LogP contribution is -2.59. The number of halogens is 2. The van der Waals surface area contributed by atoms with Crippen LogP contribution in [0, 0.1) is 11.7 Å². The first-order valence-electron chi connectivity index (χ1n) is 7.59. The van der Waals surface area contributed by atoms with E-state index in [9.17, 15) is 14.0 Å². The number of amides is 1. The van der Waals surface area contributed by atoms with Crippen molar-refractivity contribution >= 4 is 29.0 Å². The van der Waals surface area contributed by atoms with Crippen LogP contribution in [0.4, 0.5) is 10.1 Å². The van der Waals surface area contributed by atoms with Gasteiger partial charge in [-0.1, -0.05) is 11.6 Å². The summed E-state index contributed by atoms with van der Waals surface area (Å²) in [5.74, 6) is -2.19. The number of nitrogens with one attached hydrogen (secondary N) is 2. The number of anilines is 1. The topological polar surface area (TPSA) is 58.2 Å². The molecule has 0 aliphatic carbocycles. The number of hydrogen-bond donors (Lipinski definition) is 2. The minimum atomic E-state index is -0.717. The van der Waals surface area contributed by atoms with Gasteiger partial charge in [0.2, 0.25) is 5.78 Å². The monoisotopic (exact) mass is 340 g/mol. The second-order valence-electron chi connectivity index (χ2n) is 7.45. The number of piperidine rings is 1. The van der Waals surface area contributed by atoms with Crippen molar-refractivity contribution in [2.75, 3.05) is 5.32 Å². The highest BCUT2D eigenvalue weighted by molar-refractivity contribution is 6.41. The van der Waals surface area contributed by atoms with Crippen molar-refractivity contribution in [1.82, 2.24) is 5.32 Å². The Bertz CT molecular complexity index is 627. The van der Waals surface area contributed by atoms with E-state index in [-0.39, 0.29) is 27.7 Å². The summed E-state index contributed by atoms with van der Waals surface area (Å²) in [6.07, 6.45) is 1.16. The SMILES string of the molecule is CC1(C)CC(C(=O)C(=O)Nc2ccc(Cl)c(F)c2)CC(C)(C)N1. The van der Waals surface area contributed by atoms with E-state index in [1.165, 1.54) is 12.1 Å². The number of Topliss-reactive ketones (excluding diaryl/α,β-unsaturated/α-hetero) is 1. The molecule has 1 fully saturated rings. The van der Waals surface area contributed by atoms with Gasteiger partial charge < -0.3 is 10.6 Å². The predicted molar refractivity (Wildman–Crippen MR) is 89.1 cm³/mol. The second-order valence-corrected chi connectivity index (χ2v) is 7.85. The molecule has 1 amide bonds. The van der Waals surface area contributed by atoms with Gasteiger partial charge in [0.15, 0.2) is 0 Å². The maximum absolute atomic E-state index is 13.4. The standard InChI is InChI=1S/C17H22ClFN2O2/c1-16(2)8-10(9-17(3,4)21-16)14(22)15(23)20-11-5-6-12(18)13(19)7-11/h5-7,10,21H,8-9H2,1-4H3,(H,20,23). The van der Waals surface area contributed by atoms with Crippen molar-refractivity contribution in [3.05, 3.63) is 29.0 Å². The molecule has 2 N–H and O–H groups in total. The molecule has 1 aliphatic rings. The molecule has 1 aromatic rings. The highest BCUT2D eigenvalue weighted by atomic mass is 35.5. The van der Waals surface area contributed by atoms with Crippen molar-refractivity contribution in [3.8, 4) is 0 Å². The Balaban J connectivity index is 2.10. The molecular formula is C17H22ClFN2O2. The lowest BCUT2D eigenvalue weighted by Gasteiger charge is -2.45. The molecule has 4 nitrogen and oxygen atoms in total. The van der Waals surface area contributed by atoms with Crippen LogP contribution in [0.5, 0.6) is 0 Å². The molecule has 0 atom stereocenters. The minimum absolute atomic E-state index is 0.0313. The minimum Gasteiger partial charge on any atom is -0.319 e. The van der Waals surface area contributed by atoms with Crippen LogP contribution in [-0.4, -0.2) is 22.8 Å². The fraction of sp³-hybridized carbons (Fsp3) is 0.529. The Hall–Kier alpha value is -1.46. The number of carbonyl (C=O) groups excluding carboxylic acids is 2. The van der Waals surface area contributed by atoms with Gasteiger partial charge >= 0.3 is 0 Å². The summed E-state index contributed by atoms with van der Waals surface area (Å²) < 4.78 is 13.4. The average molecular weight is 341 g/mol. The third-order valence-electron chi connectivity index (χ3n) is 3.96. The van der Waals surface area contributed by atoms with Gasteiger partial charge in [-0.25, -0.2) is 4.39 Å². The van der Waals surface area contributed by atoms with Crippen LogP contribution in [-0.2, 0) is 9.59 Å². The number of benzene rings is 1. The lowest BCUT2D eigenvalue weighted by molar-refractivity contribution is -0.139. The highest BCUT2D eigenvalue weighted by Crippen LogP contribution is 2.33. The Kier molecular flexibility index (Phi) is 4.83. The zero-order chi connectivity index (χ0) is 17.4. The molecule has 1 saturated heterocycles. The molecule has 1 aromatic carbocycles. The van der Waals surface area contributed by atoms with Crippen LogP contribution in [0.2, 0.25) is 5.02 Å². The van der Waals surface area contributed by atoms with E-state index < -0.39 is 17.5 Å². The first-order chi connectivity index (χ1) is 10.5. The van der Waals surface area contributed by atoms with E-state index in [2.05, 4.69) is 10.6 Å². The van der Waals surface area contributed by atoms with Crippen LogP contribution in [0.15, 0.2) is 18.2 Å². The summed E-state index contributed by atoms with van der Waals surface area (Å²) in [5, 5.41) is 5.89. The molecule has 6 heteroatoms. The first-order valence-corrected chi connectivity index (χ1v) is 7.96. The molecule has 23 heavy (non-hydrogen) atoms. The molecule has 0 unspecified atom stereocenters. The van der Waals surface area contributed by atoms with E-state index in [0.717, 1.165) is 6.07 Å². The maximum atomic E-state index is 13.4. The largest absolute Gasteiger partial charge is 0.319 e. The summed E-state index contributed by atoms with van der Waals surface area (Å²) in [4.78, 5) is 24.7. The van der Waals surface area contributed by atoms with E-state index >= 15 is 0 Å². The van der Waals surface area contributed by atoms with Gasteiger partial charge in [0.05, 0.1) is 5.02 Å². The molecular weight excluding hydrogens is 319 g/mol. The Morgan fingerprint density at radius 2 is 1.78 bits per heavy atom. The molecule has 1 heterocycles. The van der Waals surface area contributed by atoms with Crippen LogP contribution >= 0.6 is 11.6 Å². The molecule has 126 valence electrons. The van der Waals surface area contributed by atoms with Gasteiger partial charge in [-0.2, -0.15) is 0 Å². The quantitative estimate of drug-likeness (QED) is 0.827. The lowest BCUT2D eigenvalue weighted by atomic mass is 9.74. The van der Waals surface area contributed by atoms with Crippen molar-refractivity contribution in [3.63, 3.8) is 0 Å². The molecule has 0 spiro atoms. The van der Waals surface area contributed by atoms with Gasteiger partial charge in [-0.3, -0.25) is 9.59 Å². The predicted octanol–water partition coefficient (Wildman–Crippen LogP) is 3.54. The zero-order valence-electron chi connectivity index (χ0n) is 13.8. The Morgan fingerprint density at radius 3 is 2.30 bits per heavy atom. The van der Waals surface area contributed by atoms with E-state index in [1.807, 2.05) is 27.7 Å². The van der Waals surface area contributed by atoms with Gasteiger partial charge in [-0.05, 0) is 58.7 Å². The first kappa shape index (κ1) is 17.9. The number of rotatable bonds is 3. The van der Waals surface area contributed by atoms with Gasteiger partial charge in [0.1, 0.15) is 5.82 Å². The summed E-state index contributed by atoms with van der Waals surface area (Å²) in [7, 11) is 0. The third kappa shape index (κ3) is 4.52. The van der Waals surface area contributed by atoms with Crippen molar-refractivity contribution < 1.29 is 14.0 Å². The summed E-state index contributed by atoms with van der Waals surface area (Å²) in [6.45, 7) is 8.06. The fourth-order valence-corrected chi connectivity index (χ4v) is 3.58. The molecule has 0 saturated carbocycles. The van der Waals surface area contributed by atoms with E-state index in [1.54, 1.807) is 0 Å². The zero-order valence-corrected chi connectivity index (χ0v) is 14.6. The van der Waals surface area contributed by atoms with Crippen LogP contribution < -0.4 is 10.6 Å². The normalized spacial score (nSPS) is 20.1. The molecule has 0 radical (unpaired) electrons. The van der Waals surface area contributed by atoms with Gasteiger partial charge in [-0.15, -0.1) is 0 Å². The van der Waals surface area contributed by atoms with Gasteiger partial charge in [0, 0.05) is 22.7 Å². The van der Waals surface area contributed by atoms with E-state index in [0.29, 0.717) is 12.8 Å². The Morgan fingerprint density at radius 1 is 1.22 bits per heavy atom. The Labute approximate surface area is 140 Å². The molecule has 0 bridgehead atoms. The molecule has 2 rings (SSSR count). The summed E-state index contributed by atoms with van der Waals surface area (Å²) >= 11 is 5.60. The van der Waals surface area contributed by atoms with Gasteiger partial charge in [0.25, 0.3) is 5.91 Å². The molecule has 1 aliphatic heterocycles. The summed E-state index contributed by atoms with van der Waals surface area (Å²) in [5.41, 5.74) is -0.235. The number of hydrogen-bond acceptors (Lipinski definition) is 3. The third-order valence-corrected chi connectivity index (χ3v) is 4.27. The second kappa shape index (κ2) is 6.21. The van der Waals surface area contributed by atoms with Crippen LogP contribution in [0.1, 0.15) is 40.5 Å². The van der Waals surface area contributed by atoms with Crippen molar-refractivity contribution in [2.45, 2.75) is 51.6 Å². The maximum Gasteiger partial charge on any atom is 0.292 e.